The number of allylic oxidation sites excluding steroid dienone is 8. The summed E-state index contributed by atoms with van der Waals surface area (Å²) in [6.45, 7) is 4.15. The Labute approximate surface area is 271 Å². The summed E-state index contributed by atoms with van der Waals surface area (Å²) in [5.74, 6) is -0.597. The summed E-state index contributed by atoms with van der Waals surface area (Å²) < 4.78 is 10.3. The lowest BCUT2D eigenvalue weighted by molar-refractivity contribution is -0.152. The average molecular weight is 617 g/mol. The van der Waals surface area contributed by atoms with Gasteiger partial charge in [0.25, 0.3) is 0 Å². The summed E-state index contributed by atoms with van der Waals surface area (Å²) >= 11 is 0. The van der Waals surface area contributed by atoms with Crippen LogP contribution in [0.5, 0.6) is 0 Å². The molecule has 254 valence electrons. The van der Waals surface area contributed by atoms with Gasteiger partial charge in [-0.2, -0.15) is 0 Å². The molecule has 5 nitrogen and oxygen atoms in total. The maximum atomic E-state index is 11.9. The number of aliphatic hydroxyl groups excluding tert-OH is 1. The first kappa shape index (κ1) is 41.9. The maximum Gasteiger partial charge on any atom is 0.305 e. The first-order valence-electron chi connectivity index (χ1n) is 18.2. The predicted octanol–water partition coefficient (Wildman–Crippen LogP) is 11.1. The fourth-order valence-corrected chi connectivity index (χ4v) is 4.80. The Morgan fingerprint density at radius 1 is 0.500 bits per heavy atom. The smallest absolute Gasteiger partial charge is 0.305 e. The topological polar surface area (TPSA) is 72.8 Å². The predicted molar refractivity (Wildman–Crippen MR) is 187 cm³/mol. The highest BCUT2D eigenvalue weighted by molar-refractivity contribution is 5.69. The molecule has 0 heterocycles. The van der Waals surface area contributed by atoms with Crippen LogP contribution in [0, 0.1) is 0 Å². The van der Waals surface area contributed by atoms with Crippen molar-refractivity contribution >= 4 is 11.9 Å². The maximum absolute atomic E-state index is 11.9. The van der Waals surface area contributed by atoms with E-state index >= 15 is 0 Å². The van der Waals surface area contributed by atoms with Gasteiger partial charge in [-0.15, -0.1) is 0 Å². The van der Waals surface area contributed by atoms with Crippen molar-refractivity contribution in [3.05, 3.63) is 48.6 Å². The van der Waals surface area contributed by atoms with Crippen molar-refractivity contribution in [2.24, 2.45) is 0 Å². The van der Waals surface area contributed by atoms with Crippen LogP contribution in [-0.2, 0) is 19.1 Å². The summed E-state index contributed by atoms with van der Waals surface area (Å²) in [6, 6.07) is 0. The molecular formula is C39H68O5. The van der Waals surface area contributed by atoms with Crippen molar-refractivity contribution in [2.45, 2.75) is 174 Å². The van der Waals surface area contributed by atoms with Gasteiger partial charge in [0.2, 0.25) is 0 Å². The summed E-state index contributed by atoms with van der Waals surface area (Å²) in [4.78, 5) is 23.9. The number of hydrogen-bond acceptors (Lipinski definition) is 5. The third kappa shape index (κ3) is 34.4. The number of hydrogen-bond donors (Lipinski definition) is 1. The van der Waals surface area contributed by atoms with E-state index in [1.807, 2.05) is 0 Å². The molecule has 5 heteroatoms. The second-order valence-corrected chi connectivity index (χ2v) is 12.0. The summed E-state index contributed by atoms with van der Waals surface area (Å²) in [5, 5.41) is 9.98. The van der Waals surface area contributed by atoms with Crippen molar-refractivity contribution in [2.75, 3.05) is 13.2 Å². The second-order valence-electron chi connectivity index (χ2n) is 12.0. The van der Waals surface area contributed by atoms with Crippen molar-refractivity contribution < 1.29 is 24.2 Å². The lowest BCUT2D eigenvalue weighted by Crippen LogP contribution is -2.25. The van der Waals surface area contributed by atoms with E-state index in [4.69, 9.17) is 9.47 Å². The van der Waals surface area contributed by atoms with E-state index in [0.29, 0.717) is 12.8 Å². The Kier molecular flexibility index (Phi) is 33.6. The fraction of sp³-hybridized carbons (Fsp3) is 0.744. The van der Waals surface area contributed by atoms with Crippen LogP contribution >= 0.6 is 0 Å². The van der Waals surface area contributed by atoms with Crippen molar-refractivity contribution in [3.63, 3.8) is 0 Å². The van der Waals surface area contributed by atoms with E-state index in [0.717, 1.165) is 77.0 Å². The first-order valence-corrected chi connectivity index (χ1v) is 18.2. The van der Waals surface area contributed by atoms with Gasteiger partial charge in [-0.1, -0.05) is 133 Å². The SMILES string of the molecule is CC/C=C\C/C=C\C/C=C\CCCCCCCC(=O)OC[C@H](O)COC(=O)CCCCCCC/C=C\CCCCCCCC. The quantitative estimate of drug-likeness (QED) is 0.0462. The minimum absolute atomic E-state index is 0.127. The second kappa shape index (κ2) is 35.3. The van der Waals surface area contributed by atoms with Crippen molar-refractivity contribution in [1.82, 2.24) is 0 Å². The molecule has 1 atom stereocenters. The van der Waals surface area contributed by atoms with Gasteiger partial charge >= 0.3 is 11.9 Å². The fourth-order valence-electron chi connectivity index (χ4n) is 4.80. The van der Waals surface area contributed by atoms with Crippen LogP contribution < -0.4 is 0 Å². The third-order valence-corrected chi connectivity index (χ3v) is 7.55. The molecule has 0 aliphatic carbocycles. The van der Waals surface area contributed by atoms with Gasteiger partial charge in [0.05, 0.1) is 0 Å². The van der Waals surface area contributed by atoms with Gasteiger partial charge in [-0.3, -0.25) is 9.59 Å². The Bertz CT molecular complexity index is 752. The largest absolute Gasteiger partial charge is 0.463 e. The van der Waals surface area contributed by atoms with Crippen molar-refractivity contribution in [3.8, 4) is 0 Å². The molecule has 0 amide bonds. The molecule has 0 spiro atoms. The van der Waals surface area contributed by atoms with Gasteiger partial charge in [0.15, 0.2) is 0 Å². The van der Waals surface area contributed by atoms with Gasteiger partial charge in [0, 0.05) is 12.8 Å². The Morgan fingerprint density at radius 2 is 0.864 bits per heavy atom. The highest BCUT2D eigenvalue weighted by Gasteiger charge is 2.12. The molecule has 0 bridgehead atoms. The van der Waals surface area contributed by atoms with E-state index in [-0.39, 0.29) is 25.2 Å². The standard InChI is InChI=1S/C39H68O5/c1-3-5-7-9-11-13-15-17-19-21-23-25-27-29-31-33-38(41)43-35-37(40)36-44-39(42)34-32-30-28-26-24-22-20-18-16-14-12-10-8-6-4-2/h5,7,11,13,17-20,37,40H,3-4,6,8-10,12,14-16,21-36H2,1-2H3/b7-5-,13-11-,19-17-,20-18-/t37-/m0/s1. The number of carbonyl (C=O) groups is 2. The molecule has 44 heavy (non-hydrogen) atoms. The number of carbonyl (C=O) groups excluding carboxylic acids is 2. The number of esters is 2. The normalized spacial score (nSPS) is 12.7. The molecule has 1 N–H and O–H groups in total. The summed E-state index contributed by atoms with van der Waals surface area (Å²) in [7, 11) is 0. The first-order chi connectivity index (χ1) is 21.6. The van der Waals surface area contributed by atoms with E-state index in [1.165, 1.54) is 64.2 Å². The molecular weight excluding hydrogens is 548 g/mol. The van der Waals surface area contributed by atoms with E-state index in [1.54, 1.807) is 0 Å². The zero-order valence-corrected chi connectivity index (χ0v) is 28.7. The van der Waals surface area contributed by atoms with Crippen LogP contribution in [0.15, 0.2) is 48.6 Å². The number of unbranched alkanes of at least 4 members (excludes halogenated alkanes) is 16. The van der Waals surface area contributed by atoms with E-state index in [2.05, 4.69) is 62.5 Å². The summed E-state index contributed by atoms with van der Waals surface area (Å²) in [5.41, 5.74) is 0. The van der Waals surface area contributed by atoms with E-state index in [9.17, 15) is 14.7 Å². The Morgan fingerprint density at radius 3 is 1.32 bits per heavy atom. The van der Waals surface area contributed by atoms with Crippen LogP contribution in [0.3, 0.4) is 0 Å². The van der Waals surface area contributed by atoms with Gasteiger partial charge in [-0.25, -0.2) is 0 Å². The van der Waals surface area contributed by atoms with Gasteiger partial charge in [0.1, 0.15) is 19.3 Å². The van der Waals surface area contributed by atoms with Crippen LogP contribution in [-0.4, -0.2) is 36.4 Å². The highest BCUT2D eigenvalue weighted by atomic mass is 16.6. The molecule has 0 unspecified atom stereocenters. The number of ether oxygens (including phenoxy) is 2. The lowest BCUT2D eigenvalue weighted by atomic mass is 10.1. The van der Waals surface area contributed by atoms with Crippen LogP contribution in [0.1, 0.15) is 168 Å². The molecule has 0 aromatic rings. The Balaban J connectivity index is 3.49. The summed E-state index contributed by atoms with van der Waals surface area (Å²) in [6.07, 6.45) is 43.0. The monoisotopic (exact) mass is 617 g/mol. The van der Waals surface area contributed by atoms with Crippen molar-refractivity contribution in [1.29, 1.82) is 0 Å². The Hall–Kier alpha value is -2.14. The molecule has 0 aromatic carbocycles. The van der Waals surface area contributed by atoms with Crippen LogP contribution in [0.4, 0.5) is 0 Å². The molecule has 0 aromatic heterocycles. The molecule has 0 rings (SSSR count). The molecule has 0 aliphatic rings. The van der Waals surface area contributed by atoms with Gasteiger partial charge < -0.3 is 14.6 Å². The minimum Gasteiger partial charge on any atom is -0.463 e. The molecule has 0 radical (unpaired) electrons. The average Bonchev–Trinajstić information content (AvgIpc) is 3.02. The molecule has 0 saturated heterocycles. The number of rotatable bonds is 32. The van der Waals surface area contributed by atoms with E-state index < -0.39 is 6.10 Å². The van der Waals surface area contributed by atoms with Gasteiger partial charge in [-0.05, 0) is 70.6 Å². The lowest BCUT2D eigenvalue weighted by Gasteiger charge is -2.12. The highest BCUT2D eigenvalue weighted by Crippen LogP contribution is 2.11. The minimum atomic E-state index is -0.974. The zero-order valence-electron chi connectivity index (χ0n) is 28.7. The third-order valence-electron chi connectivity index (χ3n) is 7.55. The number of aliphatic hydroxyl groups is 1. The van der Waals surface area contributed by atoms with Crippen LogP contribution in [0.2, 0.25) is 0 Å². The zero-order chi connectivity index (χ0) is 32.2. The molecule has 0 aliphatic heterocycles. The molecule has 0 saturated carbocycles. The van der Waals surface area contributed by atoms with Crippen LogP contribution in [0.25, 0.3) is 0 Å². The molecule has 0 fully saturated rings.